The molecule has 2 aromatic heterocycles. The third-order valence-corrected chi connectivity index (χ3v) is 6.18. The molecule has 0 saturated carbocycles. The summed E-state index contributed by atoms with van der Waals surface area (Å²) in [7, 11) is 1.69. The fourth-order valence-electron chi connectivity index (χ4n) is 3.63. The van der Waals surface area contributed by atoms with Gasteiger partial charge in [0.1, 0.15) is 5.82 Å². The van der Waals surface area contributed by atoms with E-state index in [1.807, 2.05) is 6.20 Å². The Kier molecular flexibility index (Phi) is 6.54. The van der Waals surface area contributed by atoms with E-state index in [0.29, 0.717) is 18.3 Å². The van der Waals surface area contributed by atoms with Crippen LogP contribution < -0.4 is 4.90 Å². The van der Waals surface area contributed by atoms with E-state index >= 15 is 0 Å². The highest BCUT2D eigenvalue weighted by atomic mass is 32.2. The minimum Gasteiger partial charge on any atom is -0.385 e. The van der Waals surface area contributed by atoms with E-state index in [4.69, 9.17) is 9.72 Å². The summed E-state index contributed by atoms with van der Waals surface area (Å²) >= 11 is 1.65. The van der Waals surface area contributed by atoms with Crippen LogP contribution in [0, 0.1) is 5.82 Å². The molecular formula is C22H24FN5OS. The van der Waals surface area contributed by atoms with Gasteiger partial charge >= 0.3 is 0 Å². The molecule has 3 aromatic rings. The smallest absolute Gasteiger partial charge is 0.197 e. The Morgan fingerprint density at radius 2 is 2.00 bits per heavy atom. The van der Waals surface area contributed by atoms with Gasteiger partial charge in [-0.3, -0.25) is 0 Å². The summed E-state index contributed by atoms with van der Waals surface area (Å²) in [6.07, 6.45) is 6.92. The number of ether oxygens (including phenoxy) is 1. The number of benzene rings is 1. The molecule has 0 N–H and O–H groups in total. The maximum atomic E-state index is 14.3. The molecule has 8 heteroatoms. The van der Waals surface area contributed by atoms with Crippen LogP contribution in [0.2, 0.25) is 0 Å². The highest BCUT2D eigenvalue weighted by Crippen LogP contribution is 2.35. The lowest BCUT2D eigenvalue weighted by atomic mass is 9.98. The van der Waals surface area contributed by atoms with Crippen molar-refractivity contribution >= 4 is 17.4 Å². The Morgan fingerprint density at radius 1 is 1.17 bits per heavy atom. The minimum absolute atomic E-state index is 0.0487. The molecule has 0 fully saturated rings. The molecular weight excluding hydrogens is 401 g/mol. The van der Waals surface area contributed by atoms with Gasteiger partial charge in [0.2, 0.25) is 0 Å². The zero-order valence-electron chi connectivity index (χ0n) is 17.1. The second-order valence-electron chi connectivity index (χ2n) is 7.13. The molecule has 1 aliphatic rings. The number of hydrogen-bond acceptors (Lipinski definition) is 7. The van der Waals surface area contributed by atoms with Crippen LogP contribution in [0.5, 0.6) is 0 Å². The van der Waals surface area contributed by atoms with Gasteiger partial charge in [0.25, 0.3) is 0 Å². The van der Waals surface area contributed by atoms with Crippen molar-refractivity contribution in [1.29, 1.82) is 0 Å². The van der Waals surface area contributed by atoms with Crippen LogP contribution in [0.3, 0.4) is 0 Å². The predicted octanol–water partition coefficient (Wildman–Crippen LogP) is 4.33. The molecule has 0 radical (unpaired) electrons. The number of anilines is 1. The molecule has 30 heavy (non-hydrogen) atoms. The van der Waals surface area contributed by atoms with Gasteiger partial charge in [0, 0.05) is 67.2 Å². The number of halogens is 1. The first-order chi connectivity index (χ1) is 14.7. The normalized spacial score (nSPS) is 15.8. The quantitative estimate of drug-likeness (QED) is 0.412. The number of aromatic nitrogens is 4. The summed E-state index contributed by atoms with van der Waals surface area (Å²) in [4.78, 5) is 20.8. The van der Waals surface area contributed by atoms with Gasteiger partial charge in [-0.1, -0.05) is 0 Å². The molecule has 1 aromatic carbocycles. The van der Waals surface area contributed by atoms with E-state index < -0.39 is 0 Å². The molecule has 1 atom stereocenters. The molecule has 1 aliphatic heterocycles. The van der Waals surface area contributed by atoms with Crippen molar-refractivity contribution < 1.29 is 9.13 Å². The number of nitrogens with zero attached hydrogens (tertiary/aromatic N) is 5. The minimum atomic E-state index is -0.215. The van der Waals surface area contributed by atoms with Crippen molar-refractivity contribution in [1.82, 2.24) is 19.9 Å². The van der Waals surface area contributed by atoms with Crippen LogP contribution >= 0.6 is 11.8 Å². The Balaban J connectivity index is 1.54. The highest BCUT2D eigenvalue weighted by molar-refractivity contribution is 7.99. The summed E-state index contributed by atoms with van der Waals surface area (Å²) in [6.45, 7) is 3.58. The number of fused-ring (bicyclic) bond motifs is 1. The van der Waals surface area contributed by atoms with Gasteiger partial charge in [0.05, 0.1) is 11.7 Å². The molecule has 0 bridgehead atoms. The van der Waals surface area contributed by atoms with Crippen molar-refractivity contribution in [2.75, 3.05) is 30.9 Å². The number of rotatable bonds is 7. The molecule has 1 unspecified atom stereocenters. The topological polar surface area (TPSA) is 64.0 Å². The van der Waals surface area contributed by atoms with Crippen molar-refractivity contribution in [3.05, 3.63) is 59.9 Å². The van der Waals surface area contributed by atoms with Crippen LogP contribution in [-0.4, -0.2) is 46.0 Å². The van der Waals surface area contributed by atoms with Gasteiger partial charge in [-0.2, -0.15) is 0 Å². The Bertz CT molecular complexity index is 1000. The first-order valence-electron chi connectivity index (χ1n) is 9.98. The summed E-state index contributed by atoms with van der Waals surface area (Å²) in [5.41, 5.74) is 2.94. The SMILES string of the molecule is COCCCSc1cc(F)cc(N2CCc3nc(-c4ncccn4)ncc3C2C)c1. The molecule has 0 saturated heterocycles. The van der Waals surface area contributed by atoms with E-state index in [2.05, 4.69) is 32.8 Å². The molecule has 156 valence electrons. The molecule has 0 amide bonds. The van der Waals surface area contributed by atoms with Crippen molar-refractivity contribution in [2.45, 2.75) is 30.7 Å². The second-order valence-corrected chi connectivity index (χ2v) is 8.30. The van der Waals surface area contributed by atoms with Gasteiger partial charge in [-0.05, 0) is 37.6 Å². The number of thioether (sulfide) groups is 1. The fourth-order valence-corrected chi connectivity index (χ4v) is 4.53. The summed E-state index contributed by atoms with van der Waals surface area (Å²) in [5.74, 6) is 1.74. The van der Waals surface area contributed by atoms with Gasteiger partial charge in [-0.15, -0.1) is 11.8 Å². The zero-order chi connectivity index (χ0) is 20.9. The average molecular weight is 426 g/mol. The summed E-state index contributed by atoms with van der Waals surface area (Å²) in [5, 5.41) is 0. The maximum absolute atomic E-state index is 14.3. The van der Waals surface area contributed by atoms with Crippen LogP contribution in [-0.2, 0) is 11.2 Å². The first kappa shape index (κ1) is 20.7. The van der Waals surface area contributed by atoms with E-state index in [1.165, 1.54) is 0 Å². The Hall–Kier alpha value is -2.58. The third-order valence-electron chi connectivity index (χ3n) is 5.12. The predicted molar refractivity (Wildman–Crippen MR) is 116 cm³/mol. The van der Waals surface area contributed by atoms with Crippen LogP contribution in [0.4, 0.5) is 10.1 Å². The number of methoxy groups -OCH3 is 1. The highest BCUT2D eigenvalue weighted by Gasteiger charge is 2.27. The van der Waals surface area contributed by atoms with Gasteiger partial charge in [0.15, 0.2) is 11.6 Å². The fraction of sp³-hybridized carbons (Fsp3) is 0.364. The summed E-state index contributed by atoms with van der Waals surface area (Å²) < 4.78 is 19.4. The van der Waals surface area contributed by atoms with Crippen molar-refractivity contribution in [3.63, 3.8) is 0 Å². The van der Waals surface area contributed by atoms with Crippen LogP contribution in [0.25, 0.3) is 11.6 Å². The van der Waals surface area contributed by atoms with Crippen molar-refractivity contribution in [2.24, 2.45) is 0 Å². The summed E-state index contributed by atoms with van der Waals surface area (Å²) in [6, 6.07) is 7.08. The Morgan fingerprint density at radius 3 is 2.80 bits per heavy atom. The van der Waals surface area contributed by atoms with Crippen molar-refractivity contribution in [3.8, 4) is 11.6 Å². The monoisotopic (exact) mass is 425 g/mol. The third kappa shape index (κ3) is 4.60. The average Bonchev–Trinajstić information content (AvgIpc) is 2.77. The second kappa shape index (κ2) is 9.49. The zero-order valence-corrected chi connectivity index (χ0v) is 17.9. The van der Waals surface area contributed by atoms with E-state index in [9.17, 15) is 4.39 Å². The lowest BCUT2D eigenvalue weighted by Gasteiger charge is -2.36. The van der Waals surface area contributed by atoms with Crippen LogP contribution in [0.15, 0.2) is 47.8 Å². The van der Waals surface area contributed by atoms with E-state index in [1.54, 1.807) is 49.5 Å². The number of hydrogen-bond donors (Lipinski definition) is 0. The first-order valence-corrected chi connectivity index (χ1v) is 11.0. The standard InChI is InChI=1S/C22H24FN5OS/c1-15-19-14-26-22(21-24-6-3-7-25-21)27-20(19)5-8-28(15)17-11-16(23)12-18(13-17)30-10-4-9-29-2/h3,6-7,11-15H,4-5,8-10H2,1-2H3. The largest absolute Gasteiger partial charge is 0.385 e. The molecule has 0 spiro atoms. The Labute approximate surface area is 179 Å². The van der Waals surface area contributed by atoms with Crippen LogP contribution in [0.1, 0.15) is 30.6 Å². The van der Waals surface area contributed by atoms with E-state index in [0.717, 1.165) is 47.0 Å². The molecule has 3 heterocycles. The molecule has 4 rings (SSSR count). The van der Waals surface area contributed by atoms with E-state index in [-0.39, 0.29) is 11.9 Å². The maximum Gasteiger partial charge on any atom is 0.197 e. The lowest BCUT2D eigenvalue weighted by Crippen LogP contribution is -2.34. The van der Waals surface area contributed by atoms with Gasteiger partial charge < -0.3 is 9.64 Å². The molecule has 6 nitrogen and oxygen atoms in total. The van der Waals surface area contributed by atoms with Gasteiger partial charge in [-0.25, -0.2) is 24.3 Å². The molecule has 0 aliphatic carbocycles. The lowest BCUT2D eigenvalue weighted by molar-refractivity contribution is 0.200.